The minimum atomic E-state index is -4.64. The van der Waals surface area contributed by atoms with Gasteiger partial charge in [0.15, 0.2) is 5.69 Å². The second-order valence-electron chi connectivity index (χ2n) is 6.97. The van der Waals surface area contributed by atoms with E-state index < -0.39 is 17.8 Å². The van der Waals surface area contributed by atoms with E-state index in [1.54, 1.807) is 0 Å². The van der Waals surface area contributed by atoms with Crippen LogP contribution in [-0.4, -0.2) is 36.2 Å². The van der Waals surface area contributed by atoms with Crippen LogP contribution in [0.15, 0.2) is 24.3 Å². The van der Waals surface area contributed by atoms with Crippen molar-refractivity contribution in [2.75, 3.05) is 24.9 Å². The van der Waals surface area contributed by atoms with Crippen LogP contribution in [0, 0.1) is 0 Å². The highest BCUT2D eigenvalue weighted by Gasteiger charge is 2.34. The third-order valence-electron chi connectivity index (χ3n) is 4.84. The molecule has 30 heavy (non-hydrogen) atoms. The largest absolute Gasteiger partial charge is 0.495 e. The number of carbonyl (C=O) groups is 1. The lowest BCUT2D eigenvalue weighted by Crippen LogP contribution is -2.24. The maximum Gasteiger partial charge on any atom is 0.433 e. The Kier molecular flexibility index (Phi) is 6.63. The second kappa shape index (κ2) is 9.19. The molecule has 7 nitrogen and oxygen atoms in total. The smallest absolute Gasteiger partial charge is 0.433 e. The summed E-state index contributed by atoms with van der Waals surface area (Å²) < 4.78 is 50.1. The number of benzene rings is 1. The van der Waals surface area contributed by atoms with E-state index in [4.69, 9.17) is 9.47 Å². The second-order valence-corrected chi connectivity index (χ2v) is 6.97. The van der Waals surface area contributed by atoms with Gasteiger partial charge in [0.05, 0.1) is 25.5 Å². The summed E-state index contributed by atoms with van der Waals surface area (Å²) in [6, 6.07) is 5.28. The van der Waals surface area contributed by atoms with Gasteiger partial charge in [-0.15, -0.1) is 0 Å². The van der Waals surface area contributed by atoms with Gasteiger partial charge in [0.1, 0.15) is 11.6 Å². The van der Waals surface area contributed by atoms with E-state index in [0.29, 0.717) is 5.75 Å². The Hall–Kier alpha value is -3.04. The maximum absolute atomic E-state index is 13.4. The van der Waals surface area contributed by atoms with Crippen LogP contribution in [0.25, 0.3) is 0 Å². The molecule has 1 aromatic carbocycles. The maximum atomic E-state index is 13.4. The van der Waals surface area contributed by atoms with Gasteiger partial charge in [0.25, 0.3) is 0 Å². The summed E-state index contributed by atoms with van der Waals surface area (Å²) in [6.07, 6.45) is 0.221. The van der Waals surface area contributed by atoms with Crippen molar-refractivity contribution < 1.29 is 27.4 Å². The minimum absolute atomic E-state index is 0.0345. The van der Waals surface area contributed by atoms with Crippen LogP contribution in [-0.2, 0) is 10.9 Å². The predicted molar refractivity (Wildman–Crippen MR) is 105 cm³/mol. The highest BCUT2D eigenvalue weighted by molar-refractivity contribution is 5.91. The Balaban J connectivity index is 1.94. The van der Waals surface area contributed by atoms with E-state index in [1.807, 2.05) is 0 Å². The Morgan fingerprint density at radius 1 is 1.10 bits per heavy atom. The number of rotatable bonds is 6. The average molecular weight is 424 g/mol. The van der Waals surface area contributed by atoms with E-state index >= 15 is 0 Å². The number of methoxy groups -OCH3 is 2. The Bertz CT molecular complexity index is 899. The van der Waals surface area contributed by atoms with Gasteiger partial charge in [0, 0.05) is 12.1 Å². The lowest BCUT2D eigenvalue weighted by atomic mass is 9.96. The van der Waals surface area contributed by atoms with Crippen molar-refractivity contribution in [3.63, 3.8) is 0 Å². The number of nitrogens with zero attached hydrogens (tertiary/aromatic N) is 2. The van der Waals surface area contributed by atoms with E-state index in [-0.39, 0.29) is 29.1 Å². The van der Waals surface area contributed by atoms with Crippen molar-refractivity contribution >= 4 is 23.4 Å². The van der Waals surface area contributed by atoms with Crippen molar-refractivity contribution in [1.82, 2.24) is 9.97 Å². The summed E-state index contributed by atoms with van der Waals surface area (Å²) in [4.78, 5) is 19.7. The molecule has 1 aliphatic rings. The molecule has 0 radical (unpaired) electrons. The molecule has 3 rings (SSSR count). The zero-order valence-corrected chi connectivity index (χ0v) is 16.7. The van der Waals surface area contributed by atoms with Crippen molar-refractivity contribution in [2.24, 2.45) is 0 Å². The first kappa shape index (κ1) is 21.7. The van der Waals surface area contributed by atoms with Crippen LogP contribution in [0.5, 0.6) is 5.75 Å². The van der Waals surface area contributed by atoms with Gasteiger partial charge in [-0.3, -0.25) is 0 Å². The number of aromatic nitrogens is 2. The molecular formula is C20H23F3N4O3. The summed E-state index contributed by atoms with van der Waals surface area (Å²) >= 11 is 0. The fourth-order valence-corrected chi connectivity index (χ4v) is 3.34. The fourth-order valence-electron chi connectivity index (χ4n) is 3.34. The van der Waals surface area contributed by atoms with Crippen LogP contribution in [0.4, 0.5) is 30.6 Å². The summed E-state index contributed by atoms with van der Waals surface area (Å²) in [7, 11) is 2.65. The lowest BCUT2D eigenvalue weighted by molar-refractivity contribution is -0.141. The Labute approximate surface area is 172 Å². The molecule has 1 heterocycles. The molecule has 2 aromatic rings. The molecule has 0 atom stereocenters. The summed E-state index contributed by atoms with van der Waals surface area (Å²) in [5.41, 5.74) is -0.580. The van der Waals surface area contributed by atoms with Crippen LogP contribution < -0.4 is 15.4 Å². The standard InChI is InChI=1S/C20H23F3N4O3/c1-29-15-9-8-12(18(28)30-2)10-14(15)25-17-11-16(20(21,22)23)26-19(27-17)24-13-6-4-3-5-7-13/h8-11,13H,3-7H2,1-2H3,(H2,24,25,26,27). The highest BCUT2D eigenvalue weighted by atomic mass is 19.4. The van der Waals surface area contributed by atoms with Gasteiger partial charge < -0.3 is 20.1 Å². The number of hydrogen-bond acceptors (Lipinski definition) is 7. The van der Waals surface area contributed by atoms with Gasteiger partial charge >= 0.3 is 12.1 Å². The molecule has 0 aliphatic heterocycles. The fraction of sp³-hybridized carbons (Fsp3) is 0.450. The molecule has 10 heteroatoms. The quantitative estimate of drug-likeness (QED) is 0.646. The van der Waals surface area contributed by atoms with E-state index in [1.165, 1.54) is 32.4 Å². The molecule has 1 aliphatic carbocycles. The van der Waals surface area contributed by atoms with Crippen LogP contribution in [0.2, 0.25) is 0 Å². The van der Waals surface area contributed by atoms with Crippen LogP contribution in [0.3, 0.4) is 0 Å². The molecule has 0 saturated heterocycles. The zero-order valence-electron chi connectivity index (χ0n) is 16.7. The number of hydrogen-bond donors (Lipinski definition) is 2. The number of esters is 1. The molecule has 1 aromatic heterocycles. The van der Waals surface area contributed by atoms with Crippen molar-refractivity contribution in [3.8, 4) is 5.75 Å². The minimum Gasteiger partial charge on any atom is -0.495 e. The highest BCUT2D eigenvalue weighted by Crippen LogP contribution is 2.33. The molecular weight excluding hydrogens is 401 g/mol. The third kappa shape index (κ3) is 5.31. The first-order valence-electron chi connectivity index (χ1n) is 9.56. The monoisotopic (exact) mass is 424 g/mol. The van der Waals surface area contributed by atoms with E-state index in [2.05, 4.69) is 20.6 Å². The van der Waals surface area contributed by atoms with Crippen LogP contribution in [0.1, 0.15) is 48.2 Å². The predicted octanol–water partition coefficient (Wildman–Crippen LogP) is 4.78. The van der Waals surface area contributed by atoms with Gasteiger partial charge in [-0.25, -0.2) is 9.78 Å². The number of halogens is 3. The lowest BCUT2D eigenvalue weighted by Gasteiger charge is -2.23. The van der Waals surface area contributed by atoms with Gasteiger partial charge in [-0.05, 0) is 31.0 Å². The molecule has 1 fully saturated rings. The average Bonchev–Trinajstić information content (AvgIpc) is 2.73. The molecule has 2 N–H and O–H groups in total. The molecule has 1 saturated carbocycles. The molecule has 0 unspecified atom stereocenters. The first-order chi connectivity index (χ1) is 14.3. The molecule has 0 spiro atoms. The summed E-state index contributed by atoms with van der Waals surface area (Å²) in [6.45, 7) is 0. The summed E-state index contributed by atoms with van der Waals surface area (Å²) in [5, 5.41) is 5.83. The van der Waals surface area contributed by atoms with Gasteiger partial charge in [-0.1, -0.05) is 19.3 Å². The normalized spacial score (nSPS) is 14.8. The van der Waals surface area contributed by atoms with Crippen LogP contribution >= 0.6 is 0 Å². The summed E-state index contributed by atoms with van der Waals surface area (Å²) in [5.74, 6) is -0.422. The molecule has 162 valence electrons. The van der Waals surface area contributed by atoms with Gasteiger partial charge in [0.2, 0.25) is 5.95 Å². The number of ether oxygens (including phenoxy) is 2. The van der Waals surface area contributed by atoms with Gasteiger partial charge in [-0.2, -0.15) is 18.2 Å². The number of nitrogens with one attached hydrogen (secondary N) is 2. The topological polar surface area (TPSA) is 85.4 Å². The number of alkyl halides is 3. The van der Waals surface area contributed by atoms with Crippen molar-refractivity contribution in [3.05, 3.63) is 35.5 Å². The zero-order chi connectivity index (χ0) is 21.7. The number of carbonyl (C=O) groups excluding carboxylic acids is 1. The van der Waals surface area contributed by atoms with E-state index in [9.17, 15) is 18.0 Å². The number of anilines is 3. The first-order valence-corrected chi connectivity index (χ1v) is 9.56. The van der Waals surface area contributed by atoms with Crippen molar-refractivity contribution in [2.45, 2.75) is 44.3 Å². The Morgan fingerprint density at radius 3 is 2.47 bits per heavy atom. The SMILES string of the molecule is COC(=O)c1ccc(OC)c(Nc2cc(C(F)(F)F)nc(NC3CCCCC3)n2)c1. The third-order valence-corrected chi connectivity index (χ3v) is 4.84. The van der Waals surface area contributed by atoms with E-state index in [0.717, 1.165) is 38.2 Å². The molecule has 0 amide bonds. The Morgan fingerprint density at radius 2 is 1.83 bits per heavy atom. The van der Waals surface area contributed by atoms with Crippen molar-refractivity contribution in [1.29, 1.82) is 0 Å². The molecule has 0 bridgehead atoms.